The summed E-state index contributed by atoms with van der Waals surface area (Å²) in [7, 11) is 1.86. The van der Waals surface area contributed by atoms with Crippen LogP contribution in [0.2, 0.25) is 0 Å². The lowest BCUT2D eigenvalue weighted by Crippen LogP contribution is -2.36. The van der Waals surface area contributed by atoms with Gasteiger partial charge in [-0.1, -0.05) is 0 Å². The third-order valence-corrected chi connectivity index (χ3v) is 2.34. The van der Waals surface area contributed by atoms with Gasteiger partial charge in [-0.15, -0.1) is 5.10 Å². The van der Waals surface area contributed by atoms with E-state index in [0.29, 0.717) is 5.95 Å². The van der Waals surface area contributed by atoms with Crippen LogP contribution in [-0.2, 0) is 18.3 Å². The van der Waals surface area contributed by atoms with E-state index in [0.717, 1.165) is 38.7 Å². The number of hydrogen-bond acceptors (Lipinski definition) is 5. The maximum absolute atomic E-state index is 5.50. The number of nitrogens with zero attached hydrogens (tertiary/aromatic N) is 4. The Morgan fingerprint density at radius 1 is 1.43 bits per heavy atom. The average molecular weight is 197 g/mol. The van der Waals surface area contributed by atoms with E-state index in [-0.39, 0.29) is 0 Å². The smallest absolute Gasteiger partial charge is 0.239 e. The van der Waals surface area contributed by atoms with Crippen LogP contribution in [0, 0.1) is 0 Å². The Balaban J connectivity index is 1.98. The first-order valence-electron chi connectivity index (χ1n) is 4.71. The summed E-state index contributed by atoms with van der Waals surface area (Å²) in [5, 5.41) is 4.00. The zero-order valence-corrected chi connectivity index (χ0v) is 8.31. The molecule has 0 amide bonds. The van der Waals surface area contributed by atoms with Crippen molar-refractivity contribution >= 4 is 5.95 Å². The van der Waals surface area contributed by atoms with Gasteiger partial charge in [0.05, 0.1) is 19.8 Å². The van der Waals surface area contributed by atoms with Gasteiger partial charge in [0, 0.05) is 20.1 Å². The molecule has 1 aromatic heterocycles. The molecule has 0 radical (unpaired) electrons. The van der Waals surface area contributed by atoms with Gasteiger partial charge in [0.2, 0.25) is 5.95 Å². The first-order chi connectivity index (χ1) is 6.75. The fraction of sp³-hybridized carbons (Fsp3) is 0.750. The Labute approximate surface area is 82.7 Å². The van der Waals surface area contributed by atoms with Crippen molar-refractivity contribution in [2.45, 2.75) is 6.54 Å². The first kappa shape index (κ1) is 9.42. The number of nitrogens with two attached hydrogens (primary N) is 1. The van der Waals surface area contributed by atoms with Gasteiger partial charge in [0.15, 0.2) is 0 Å². The molecule has 14 heavy (non-hydrogen) atoms. The second kappa shape index (κ2) is 3.93. The maximum atomic E-state index is 5.50. The van der Waals surface area contributed by atoms with Crippen molar-refractivity contribution in [3.63, 3.8) is 0 Å². The molecule has 0 saturated carbocycles. The van der Waals surface area contributed by atoms with E-state index in [1.54, 1.807) is 4.68 Å². The van der Waals surface area contributed by atoms with Crippen molar-refractivity contribution in [2.24, 2.45) is 7.05 Å². The van der Waals surface area contributed by atoms with E-state index in [2.05, 4.69) is 15.0 Å². The van der Waals surface area contributed by atoms with E-state index in [1.165, 1.54) is 0 Å². The lowest BCUT2D eigenvalue weighted by Gasteiger charge is -2.25. The highest BCUT2D eigenvalue weighted by Crippen LogP contribution is 2.05. The van der Waals surface area contributed by atoms with Crippen molar-refractivity contribution in [2.75, 3.05) is 32.0 Å². The van der Waals surface area contributed by atoms with Crippen molar-refractivity contribution in [3.05, 3.63) is 5.82 Å². The normalized spacial score (nSPS) is 18.6. The molecule has 2 rings (SSSR count). The fourth-order valence-electron chi connectivity index (χ4n) is 1.54. The first-order valence-corrected chi connectivity index (χ1v) is 4.71. The van der Waals surface area contributed by atoms with Gasteiger partial charge in [-0.05, 0) is 0 Å². The molecular weight excluding hydrogens is 182 g/mol. The third-order valence-electron chi connectivity index (χ3n) is 2.34. The SMILES string of the molecule is Cn1nc(N)nc1CN1CCOCC1. The quantitative estimate of drug-likeness (QED) is 0.674. The fourth-order valence-corrected chi connectivity index (χ4v) is 1.54. The second-order valence-corrected chi connectivity index (χ2v) is 3.40. The highest BCUT2D eigenvalue weighted by molar-refractivity contribution is 5.13. The maximum Gasteiger partial charge on any atom is 0.239 e. The Morgan fingerprint density at radius 2 is 2.14 bits per heavy atom. The molecule has 2 heterocycles. The molecule has 1 aliphatic heterocycles. The van der Waals surface area contributed by atoms with Gasteiger partial charge in [0.25, 0.3) is 0 Å². The molecule has 1 aromatic rings. The van der Waals surface area contributed by atoms with Crippen molar-refractivity contribution in [1.29, 1.82) is 0 Å². The number of anilines is 1. The highest BCUT2D eigenvalue weighted by Gasteiger charge is 2.13. The largest absolute Gasteiger partial charge is 0.379 e. The van der Waals surface area contributed by atoms with Crippen LogP contribution in [-0.4, -0.2) is 46.0 Å². The van der Waals surface area contributed by atoms with E-state index >= 15 is 0 Å². The summed E-state index contributed by atoms with van der Waals surface area (Å²) < 4.78 is 6.99. The van der Waals surface area contributed by atoms with Crippen molar-refractivity contribution in [3.8, 4) is 0 Å². The van der Waals surface area contributed by atoms with Crippen molar-refractivity contribution in [1.82, 2.24) is 19.7 Å². The van der Waals surface area contributed by atoms with Crippen LogP contribution in [0.25, 0.3) is 0 Å². The molecular formula is C8H15N5O. The minimum absolute atomic E-state index is 0.343. The summed E-state index contributed by atoms with van der Waals surface area (Å²) in [4.78, 5) is 6.44. The predicted octanol–water partition coefficient (Wildman–Crippen LogP) is -0.770. The molecule has 0 aromatic carbocycles. The van der Waals surface area contributed by atoms with Gasteiger partial charge in [-0.2, -0.15) is 4.98 Å². The van der Waals surface area contributed by atoms with Gasteiger partial charge in [-0.3, -0.25) is 4.90 Å². The molecule has 0 spiro atoms. The average Bonchev–Trinajstić information content (AvgIpc) is 2.47. The summed E-state index contributed by atoms with van der Waals surface area (Å²) in [6.45, 7) is 4.30. The molecule has 2 N–H and O–H groups in total. The zero-order valence-electron chi connectivity index (χ0n) is 8.31. The molecule has 1 fully saturated rings. The third kappa shape index (κ3) is 2.02. The minimum atomic E-state index is 0.343. The summed E-state index contributed by atoms with van der Waals surface area (Å²) in [6.07, 6.45) is 0. The molecule has 0 atom stereocenters. The van der Waals surface area contributed by atoms with Crippen LogP contribution in [0.15, 0.2) is 0 Å². The molecule has 1 saturated heterocycles. The van der Waals surface area contributed by atoms with Gasteiger partial charge in [-0.25, -0.2) is 4.68 Å². The standard InChI is InChI=1S/C8H15N5O/c1-12-7(10-8(9)11-12)6-13-2-4-14-5-3-13/h2-6H2,1H3,(H2,9,11). The summed E-state index contributed by atoms with van der Waals surface area (Å²) >= 11 is 0. The van der Waals surface area contributed by atoms with Crippen molar-refractivity contribution < 1.29 is 4.74 Å². The number of hydrogen-bond donors (Lipinski definition) is 1. The predicted molar refractivity (Wildman–Crippen MR) is 51.5 cm³/mol. The van der Waals surface area contributed by atoms with Gasteiger partial charge < -0.3 is 10.5 Å². The van der Waals surface area contributed by atoms with Gasteiger partial charge >= 0.3 is 0 Å². The van der Waals surface area contributed by atoms with Crippen LogP contribution in [0.1, 0.15) is 5.82 Å². The molecule has 6 nitrogen and oxygen atoms in total. The van der Waals surface area contributed by atoms with E-state index in [9.17, 15) is 0 Å². The highest BCUT2D eigenvalue weighted by atomic mass is 16.5. The zero-order chi connectivity index (χ0) is 9.97. The number of rotatable bonds is 2. The number of aromatic nitrogens is 3. The summed E-state index contributed by atoms with van der Waals surface area (Å²) in [5.74, 6) is 1.25. The Hall–Kier alpha value is -1.14. The topological polar surface area (TPSA) is 69.2 Å². The van der Waals surface area contributed by atoms with Crippen LogP contribution in [0.3, 0.4) is 0 Å². The van der Waals surface area contributed by atoms with E-state index in [1.807, 2.05) is 7.05 Å². The van der Waals surface area contributed by atoms with Crippen LogP contribution < -0.4 is 5.73 Å². The Kier molecular flexibility index (Phi) is 2.64. The molecule has 1 aliphatic rings. The van der Waals surface area contributed by atoms with Crippen LogP contribution in [0.4, 0.5) is 5.95 Å². The lowest BCUT2D eigenvalue weighted by molar-refractivity contribution is 0.0326. The van der Waals surface area contributed by atoms with Gasteiger partial charge in [0.1, 0.15) is 5.82 Å². The Morgan fingerprint density at radius 3 is 2.71 bits per heavy atom. The molecule has 0 unspecified atom stereocenters. The minimum Gasteiger partial charge on any atom is -0.379 e. The monoisotopic (exact) mass is 197 g/mol. The molecule has 6 heteroatoms. The molecule has 0 bridgehead atoms. The number of aryl methyl sites for hydroxylation is 1. The van der Waals surface area contributed by atoms with E-state index in [4.69, 9.17) is 10.5 Å². The number of nitrogen functional groups attached to an aromatic ring is 1. The second-order valence-electron chi connectivity index (χ2n) is 3.40. The summed E-state index contributed by atoms with van der Waals surface area (Å²) in [5.41, 5.74) is 5.50. The number of morpholine rings is 1. The lowest BCUT2D eigenvalue weighted by atomic mass is 10.4. The van der Waals surface area contributed by atoms with Crippen LogP contribution in [0.5, 0.6) is 0 Å². The molecule has 78 valence electrons. The Bertz CT molecular complexity index is 305. The van der Waals surface area contributed by atoms with Crippen LogP contribution >= 0.6 is 0 Å². The van der Waals surface area contributed by atoms with E-state index < -0.39 is 0 Å². The summed E-state index contributed by atoms with van der Waals surface area (Å²) in [6, 6.07) is 0. The molecule has 0 aliphatic carbocycles. The number of ether oxygens (including phenoxy) is 1.